The van der Waals surface area contributed by atoms with Crippen LogP contribution in [0.5, 0.6) is 0 Å². The summed E-state index contributed by atoms with van der Waals surface area (Å²) < 4.78 is 0.638. The molecule has 0 N–H and O–H groups in total. The van der Waals surface area contributed by atoms with Crippen LogP contribution >= 0.6 is 35.7 Å². The van der Waals surface area contributed by atoms with E-state index >= 15 is 0 Å². The number of carbonyl (C=O) groups is 1. The van der Waals surface area contributed by atoms with Gasteiger partial charge in [-0.3, -0.25) is 9.69 Å². The number of thiocarbonyl (C=S) groups is 1. The highest BCUT2D eigenvalue weighted by molar-refractivity contribution is 8.26. The van der Waals surface area contributed by atoms with Crippen LogP contribution in [0.2, 0.25) is 0 Å². The molecular weight excluding hydrogens is 404 g/mol. The summed E-state index contributed by atoms with van der Waals surface area (Å²) in [6, 6.07) is 17.0. The summed E-state index contributed by atoms with van der Waals surface area (Å²) in [5.41, 5.74) is 3.64. The highest BCUT2D eigenvalue weighted by Crippen LogP contribution is 2.47. The van der Waals surface area contributed by atoms with E-state index in [-0.39, 0.29) is 5.91 Å². The Morgan fingerprint density at radius 3 is 2.36 bits per heavy atom. The maximum Gasteiger partial charge on any atom is 0.266 e. The third kappa shape index (κ3) is 3.52. The molecule has 0 atom stereocenters. The Balaban J connectivity index is 1.63. The van der Waals surface area contributed by atoms with Crippen molar-refractivity contribution >= 4 is 51.7 Å². The highest BCUT2D eigenvalue weighted by Gasteiger charge is 2.30. The van der Waals surface area contributed by atoms with Gasteiger partial charge in [0, 0.05) is 18.0 Å². The average molecular weight is 425 g/mol. The Labute approximate surface area is 179 Å². The molecule has 0 spiro atoms. The maximum atomic E-state index is 12.4. The average Bonchev–Trinajstić information content (AvgIpc) is 3.21. The molecule has 28 heavy (non-hydrogen) atoms. The van der Waals surface area contributed by atoms with Crippen molar-refractivity contribution in [2.24, 2.45) is 0 Å². The third-order valence-electron chi connectivity index (χ3n) is 4.72. The summed E-state index contributed by atoms with van der Waals surface area (Å²) in [7, 11) is 0. The van der Waals surface area contributed by atoms with Crippen LogP contribution in [0, 0.1) is 0 Å². The molecule has 0 unspecified atom stereocenters. The van der Waals surface area contributed by atoms with Gasteiger partial charge in [-0.25, -0.2) is 0 Å². The van der Waals surface area contributed by atoms with Crippen LogP contribution in [0.4, 0.5) is 5.69 Å². The van der Waals surface area contributed by atoms with Gasteiger partial charge in [0.25, 0.3) is 5.91 Å². The minimum atomic E-state index is 0.00396. The second kappa shape index (κ2) is 8.15. The Hall–Kier alpha value is -2.02. The first-order valence-corrected chi connectivity index (χ1v) is 11.3. The number of carbonyl (C=O) groups excluding carboxylic acids is 1. The number of thioether (sulfide) groups is 2. The first-order valence-electron chi connectivity index (χ1n) is 9.23. The van der Waals surface area contributed by atoms with Crippen molar-refractivity contribution in [2.75, 3.05) is 18.0 Å². The van der Waals surface area contributed by atoms with Gasteiger partial charge < -0.3 is 4.90 Å². The fourth-order valence-electron chi connectivity index (χ4n) is 3.30. The first-order chi connectivity index (χ1) is 13.6. The molecule has 1 amide bonds. The topological polar surface area (TPSA) is 23.6 Å². The summed E-state index contributed by atoms with van der Waals surface area (Å²) in [5.74, 6) is 0.00396. The number of fused-ring (bicyclic) bond motifs is 1. The molecular formula is C22H20N2OS3. The lowest BCUT2D eigenvalue weighted by Crippen LogP contribution is -2.27. The number of nitrogens with zero attached hydrogens (tertiary/aromatic N) is 2. The van der Waals surface area contributed by atoms with Crippen LogP contribution in [0.15, 0.2) is 75.5 Å². The van der Waals surface area contributed by atoms with Crippen LogP contribution in [0.1, 0.15) is 13.8 Å². The molecule has 3 nitrogen and oxygen atoms in total. The Bertz CT molecular complexity index is 998. The third-order valence-corrected chi connectivity index (χ3v) is 7.25. The molecule has 2 heterocycles. The molecule has 142 valence electrons. The lowest BCUT2D eigenvalue weighted by molar-refractivity contribution is -0.122. The molecule has 2 aliphatic heterocycles. The van der Waals surface area contributed by atoms with Gasteiger partial charge in [-0.2, -0.15) is 0 Å². The van der Waals surface area contributed by atoms with E-state index in [0.29, 0.717) is 15.8 Å². The summed E-state index contributed by atoms with van der Waals surface area (Å²) >= 11 is 8.42. The second-order valence-electron chi connectivity index (χ2n) is 6.35. The smallest absolute Gasteiger partial charge is 0.266 e. The van der Waals surface area contributed by atoms with E-state index in [4.69, 9.17) is 12.2 Å². The summed E-state index contributed by atoms with van der Waals surface area (Å²) in [4.78, 5) is 18.3. The van der Waals surface area contributed by atoms with Crippen molar-refractivity contribution in [3.8, 4) is 11.1 Å². The van der Waals surface area contributed by atoms with E-state index in [1.54, 1.807) is 16.7 Å². The van der Waals surface area contributed by atoms with Crippen LogP contribution in [0.25, 0.3) is 11.1 Å². The zero-order chi connectivity index (χ0) is 19.7. The van der Waals surface area contributed by atoms with Gasteiger partial charge >= 0.3 is 0 Å². The van der Waals surface area contributed by atoms with E-state index in [2.05, 4.69) is 54.3 Å². The maximum absolute atomic E-state index is 12.4. The number of allylic oxidation sites excluding steroid dienone is 2. The lowest BCUT2D eigenvalue weighted by atomic mass is 10.0. The predicted molar refractivity (Wildman–Crippen MR) is 124 cm³/mol. The van der Waals surface area contributed by atoms with Crippen LogP contribution < -0.4 is 4.90 Å². The van der Waals surface area contributed by atoms with E-state index in [1.807, 2.05) is 25.1 Å². The molecule has 0 saturated carbocycles. The van der Waals surface area contributed by atoms with E-state index in [1.165, 1.54) is 33.5 Å². The van der Waals surface area contributed by atoms with Gasteiger partial charge in [-0.05, 0) is 49.3 Å². The molecule has 0 radical (unpaired) electrons. The van der Waals surface area contributed by atoms with Crippen LogP contribution in [-0.4, -0.2) is 28.2 Å². The number of hydrogen-bond acceptors (Lipinski definition) is 5. The normalized spacial score (nSPS) is 19.2. The number of rotatable bonds is 4. The predicted octanol–water partition coefficient (Wildman–Crippen LogP) is 5.89. The second-order valence-corrected chi connectivity index (χ2v) is 9.09. The Morgan fingerprint density at radius 2 is 1.68 bits per heavy atom. The molecule has 2 aromatic carbocycles. The zero-order valence-electron chi connectivity index (χ0n) is 15.7. The van der Waals surface area contributed by atoms with Crippen molar-refractivity contribution in [1.29, 1.82) is 0 Å². The summed E-state index contributed by atoms with van der Waals surface area (Å²) in [6.07, 6.45) is 3.95. The van der Waals surface area contributed by atoms with Gasteiger partial charge in [0.2, 0.25) is 0 Å². The molecule has 4 rings (SSSR count). The van der Waals surface area contributed by atoms with E-state index < -0.39 is 0 Å². The van der Waals surface area contributed by atoms with Gasteiger partial charge in [0.05, 0.1) is 15.6 Å². The molecule has 0 aromatic heterocycles. The number of amides is 1. The van der Waals surface area contributed by atoms with Crippen LogP contribution in [0.3, 0.4) is 0 Å². The minimum absolute atomic E-state index is 0.00396. The van der Waals surface area contributed by atoms with Crippen molar-refractivity contribution in [3.05, 3.63) is 70.6 Å². The molecule has 2 aromatic rings. The van der Waals surface area contributed by atoms with Gasteiger partial charge in [0.1, 0.15) is 4.32 Å². The SMILES string of the molecule is CCN1C(=O)/C(=C/C=C2/Sc3ccc(-c4ccccc4)cc3N2CC)SC1=S. The van der Waals surface area contributed by atoms with Gasteiger partial charge in [-0.15, -0.1) is 0 Å². The molecule has 1 fully saturated rings. The Morgan fingerprint density at radius 1 is 0.929 bits per heavy atom. The minimum Gasteiger partial charge on any atom is -0.335 e. The van der Waals surface area contributed by atoms with E-state index in [9.17, 15) is 4.79 Å². The fraction of sp³-hybridized carbons (Fsp3) is 0.182. The number of hydrogen-bond donors (Lipinski definition) is 0. The monoisotopic (exact) mass is 424 g/mol. The Kier molecular flexibility index (Phi) is 5.62. The standard InChI is InChI=1S/C22H20N2OS3/c1-3-23-17-14-16(15-8-6-5-7-9-15)10-11-18(17)27-20(23)13-12-19-21(25)24(4-2)22(26)28-19/h5-14H,3-4H2,1-2H3/b19-12-,20-13+. The first kappa shape index (κ1) is 19.3. The zero-order valence-corrected chi connectivity index (χ0v) is 18.2. The molecule has 2 aliphatic rings. The highest BCUT2D eigenvalue weighted by atomic mass is 32.2. The largest absolute Gasteiger partial charge is 0.335 e. The van der Waals surface area contributed by atoms with Gasteiger partial charge in [0.15, 0.2) is 0 Å². The fourth-order valence-corrected chi connectivity index (χ4v) is 5.73. The molecule has 1 saturated heterocycles. The van der Waals surface area contributed by atoms with Gasteiger partial charge in [-0.1, -0.05) is 72.1 Å². The summed E-state index contributed by atoms with van der Waals surface area (Å²) in [5, 5.41) is 1.13. The number of anilines is 1. The van der Waals surface area contributed by atoms with Crippen molar-refractivity contribution in [3.63, 3.8) is 0 Å². The number of likely N-dealkylation sites (N-methyl/N-ethyl adjacent to an activating group) is 1. The quantitative estimate of drug-likeness (QED) is 0.450. The lowest BCUT2D eigenvalue weighted by Gasteiger charge is -2.18. The van der Waals surface area contributed by atoms with E-state index in [0.717, 1.165) is 11.6 Å². The van der Waals surface area contributed by atoms with Crippen molar-refractivity contribution in [2.45, 2.75) is 18.7 Å². The van der Waals surface area contributed by atoms with Crippen molar-refractivity contribution < 1.29 is 4.79 Å². The molecule has 0 bridgehead atoms. The number of benzene rings is 2. The van der Waals surface area contributed by atoms with Crippen molar-refractivity contribution in [1.82, 2.24) is 4.90 Å². The molecule has 6 heteroatoms. The summed E-state index contributed by atoms with van der Waals surface area (Å²) in [6.45, 7) is 5.57. The van der Waals surface area contributed by atoms with Crippen LogP contribution in [-0.2, 0) is 4.79 Å². The molecule has 0 aliphatic carbocycles.